The third kappa shape index (κ3) is 3.56. The van der Waals surface area contributed by atoms with E-state index in [4.69, 9.17) is 0 Å². The number of carboxylic acid groups (broad SMARTS) is 1. The number of β-lactam (4-membered cyclic amide) rings is 1. The lowest BCUT2D eigenvalue weighted by Gasteiger charge is -2.61. The first-order chi connectivity index (χ1) is 13.3. The van der Waals surface area contributed by atoms with Crippen molar-refractivity contribution in [3.63, 3.8) is 0 Å². The summed E-state index contributed by atoms with van der Waals surface area (Å²) >= 11 is 1.53. The Morgan fingerprint density at radius 2 is 1.79 bits per heavy atom. The lowest BCUT2D eigenvalue weighted by atomic mass is 9.68. The summed E-state index contributed by atoms with van der Waals surface area (Å²) in [6.07, 6.45) is 7.30. The number of halogens is 1. The highest BCUT2D eigenvalue weighted by Gasteiger charge is 2.66. The van der Waals surface area contributed by atoms with Crippen molar-refractivity contribution in [2.24, 2.45) is 5.41 Å². The number of benzene rings is 1. The highest BCUT2D eigenvalue weighted by molar-refractivity contribution is 7.99. The fraction of sp³-hybridized carbons (Fsp3) is 0.636. The van der Waals surface area contributed by atoms with Crippen LogP contribution in [0, 0.1) is 11.2 Å². The molecule has 1 saturated heterocycles. The Labute approximate surface area is 171 Å². The van der Waals surface area contributed by atoms with E-state index in [-0.39, 0.29) is 11.3 Å². The van der Waals surface area contributed by atoms with Crippen molar-refractivity contribution in [2.45, 2.75) is 76.6 Å². The van der Waals surface area contributed by atoms with Crippen LogP contribution in [-0.2, 0) is 15.1 Å². The molecule has 6 heteroatoms. The molecule has 0 bridgehead atoms. The Hall–Kier alpha value is -1.56. The second-order valence-electron chi connectivity index (χ2n) is 7.61. The largest absolute Gasteiger partial charge is 0.479 e. The van der Waals surface area contributed by atoms with E-state index in [9.17, 15) is 19.1 Å². The Balaban J connectivity index is 2.55. The van der Waals surface area contributed by atoms with Gasteiger partial charge < -0.3 is 10.0 Å². The van der Waals surface area contributed by atoms with Crippen LogP contribution in [0.3, 0.4) is 0 Å². The van der Waals surface area contributed by atoms with Gasteiger partial charge >= 0.3 is 5.97 Å². The van der Waals surface area contributed by atoms with Gasteiger partial charge in [0.2, 0.25) is 5.91 Å². The van der Waals surface area contributed by atoms with Crippen molar-refractivity contribution in [1.29, 1.82) is 0 Å². The number of likely N-dealkylation sites (tertiary alicyclic amines) is 1. The van der Waals surface area contributed by atoms with E-state index < -0.39 is 22.7 Å². The molecule has 28 heavy (non-hydrogen) atoms. The van der Waals surface area contributed by atoms with Gasteiger partial charge in [-0.15, -0.1) is 11.8 Å². The van der Waals surface area contributed by atoms with E-state index in [1.54, 1.807) is 4.90 Å². The van der Waals surface area contributed by atoms with Crippen LogP contribution in [-0.4, -0.2) is 33.5 Å². The smallest absolute Gasteiger partial charge is 0.334 e. The molecule has 2 unspecified atom stereocenters. The van der Waals surface area contributed by atoms with Crippen LogP contribution in [0.1, 0.15) is 71.3 Å². The molecule has 2 rings (SSSR count). The van der Waals surface area contributed by atoms with Crippen LogP contribution in [0.2, 0.25) is 0 Å². The summed E-state index contributed by atoms with van der Waals surface area (Å²) in [6, 6.07) is 5.60. The molecule has 0 aromatic heterocycles. The van der Waals surface area contributed by atoms with Crippen LogP contribution in [0.25, 0.3) is 0 Å². The number of hydrogen-bond donors (Lipinski definition) is 1. The predicted molar refractivity (Wildman–Crippen MR) is 112 cm³/mol. The van der Waals surface area contributed by atoms with Crippen molar-refractivity contribution in [1.82, 2.24) is 4.90 Å². The quantitative estimate of drug-likeness (QED) is 0.392. The molecule has 0 aliphatic carbocycles. The van der Waals surface area contributed by atoms with E-state index in [0.29, 0.717) is 31.2 Å². The van der Waals surface area contributed by atoms with E-state index in [0.717, 1.165) is 19.3 Å². The molecule has 1 aromatic carbocycles. The van der Waals surface area contributed by atoms with Crippen molar-refractivity contribution in [3.8, 4) is 0 Å². The molecular formula is C22H32FNO3S. The van der Waals surface area contributed by atoms with Gasteiger partial charge in [-0.3, -0.25) is 4.79 Å². The van der Waals surface area contributed by atoms with Crippen LogP contribution >= 0.6 is 11.8 Å². The van der Waals surface area contributed by atoms with Gasteiger partial charge in [-0.1, -0.05) is 58.6 Å². The topological polar surface area (TPSA) is 57.6 Å². The zero-order valence-corrected chi connectivity index (χ0v) is 18.2. The highest BCUT2D eigenvalue weighted by atomic mass is 32.2. The van der Waals surface area contributed by atoms with Crippen LogP contribution in [0.15, 0.2) is 24.3 Å². The molecule has 0 saturated carbocycles. The zero-order chi connectivity index (χ0) is 20.9. The first kappa shape index (κ1) is 22.7. The third-order valence-electron chi connectivity index (χ3n) is 6.32. The fourth-order valence-electron chi connectivity index (χ4n) is 4.51. The molecule has 4 nitrogen and oxygen atoms in total. The predicted octanol–water partition coefficient (Wildman–Crippen LogP) is 5.41. The number of aliphatic carboxylic acids is 1. The number of thioether (sulfide) groups is 1. The molecule has 1 aromatic rings. The number of amides is 1. The minimum Gasteiger partial charge on any atom is -0.479 e. The summed E-state index contributed by atoms with van der Waals surface area (Å²) < 4.78 is 13.5. The number of nitrogens with zero attached hydrogens (tertiary/aromatic N) is 1. The molecule has 1 heterocycles. The SMILES string of the molecule is CCCCCCC(C(=O)O)(c1ccc(F)cc1)N1C(=O)C(CC)(CC)C1SC. The summed E-state index contributed by atoms with van der Waals surface area (Å²) in [5, 5.41) is 10.2. The van der Waals surface area contributed by atoms with E-state index >= 15 is 0 Å². The average Bonchev–Trinajstić information content (AvgIpc) is 2.69. The van der Waals surface area contributed by atoms with E-state index in [1.807, 2.05) is 20.1 Å². The fourth-order valence-corrected chi connectivity index (χ4v) is 5.88. The Bertz CT molecular complexity index is 690. The van der Waals surface area contributed by atoms with Gasteiger partial charge in [0, 0.05) is 0 Å². The second kappa shape index (κ2) is 9.29. The van der Waals surface area contributed by atoms with Crippen LogP contribution in [0.5, 0.6) is 0 Å². The van der Waals surface area contributed by atoms with Crippen molar-refractivity contribution < 1.29 is 19.1 Å². The molecule has 0 radical (unpaired) electrons. The maximum Gasteiger partial charge on any atom is 0.334 e. The van der Waals surface area contributed by atoms with Crippen molar-refractivity contribution in [2.75, 3.05) is 6.26 Å². The van der Waals surface area contributed by atoms with Crippen LogP contribution < -0.4 is 0 Å². The van der Waals surface area contributed by atoms with Crippen LogP contribution in [0.4, 0.5) is 4.39 Å². The molecule has 0 spiro atoms. The normalized spacial score (nSPS) is 20.5. The minimum atomic E-state index is -1.46. The van der Waals surface area contributed by atoms with Gasteiger partial charge in [0.05, 0.1) is 10.8 Å². The first-order valence-corrected chi connectivity index (χ1v) is 11.5. The highest BCUT2D eigenvalue weighted by Crippen LogP contribution is 2.55. The maximum atomic E-state index is 13.5. The molecule has 1 aliphatic heterocycles. The maximum absolute atomic E-state index is 13.5. The molecule has 1 fully saturated rings. The molecule has 2 atom stereocenters. The Morgan fingerprint density at radius 1 is 1.18 bits per heavy atom. The minimum absolute atomic E-state index is 0.0981. The number of carbonyl (C=O) groups excluding carboxylic acids is 1. The number of unbranched alkanes of at least 4 members (excludes halogenated alkanes) is 3. The van der Waals surface area contributed by atoms with E-state index in [1.165, 1.54) is 36.0 Å². The Morgan fingerprint density at radius 3 is 2.25 bits per heavy atom. The number of carbonyl (C=O) groups is 2. The summed E-state index contributed by atoms with van der Waals surface area (Å²) in [6.45, 7) is 6.08. The zero-order valence-electron chi connectivity index (χ0n) is 17.3. The number of carboxylic acids is 1. The van der Waals surface area contributed by atoms with Gasteiger partial charge in [0.15, 0.2) is 5.54 Å². The molecule has 156 valence electrons. The summed E-state index contributed by atoms with van der Waals surface area (Å²) in [7, 11) is 0. The van der Waals surface area contributed by atoms with E-state index in [2.05, 4.69) is 6.92 Å². The molecular weight excluding hydrogens is 377 g/mol. The second-order valence-corrected chi connectivity index (χ2v) is 8.53. The monoisotopic (exact) mass is 409 g/mol. The number of rotatable bonds is 11. The molecule has 1 N–H and O–H groups in total. The average molecular weight is 410 g/mol. The Kier molecular flexibility index (Phi) is 7.54. The van der Waals surface area contributed by atoms with Crippen molar-refractivity contribution >= 4 is 23.6 Å². The summed E-state index contributed by atoms with van der Waals surface area (Å²) in [4.78, 5) is 27.6. The molecule has 1 aliphatic rings. The number of hydrogen-bond acceptors (Lipinski definition) is 3. The standard InChI is InChI=1S/C22H32FNO3S/c1-5-8-9-10-15-22(20(26)27,16-11-13-17(23)14-12-16)24-18(25)21(6-2,7-3)19(24)28-4/h11-14,19H,5-10,15H2,1-4H3,(H,26,27). The lowest BCUT2D eigenvalue weighted by Crippen LogP contribution is -2.74. The van der Waals surface area contributed by atoms with Gasteiger partial charge in [-0.05, 0) is 43.2 Å². The van der Waals surface area contributed by atoms with Gasteiger partial charge in [0.25, 0.3) is 0 Å². The van der Waals surface area contributed by atoms with Gasteiger partial charge in [-0.2, -0.15) is 0 Å². The lowest BCUT2D eigenvalue weighted by molar-refractivity contribution is -0.190. The van der Waals surface area contributed by atoms with Gasteiger partial charge in [-0.25, -0.2) is 9.18 Å². The summed E-state index contributed by atoms with van der Waals surface area (Å²) in [5.41, 5.74) is -1.50. The molecule has 1 amide bonds. The van der Waals surface area contributed by atoms with Gasteiger partial charge in [0.1, 0.15) is 5.82 Å². The third-order valence-corrected chi connectivity index (χ3v) is 7.42. The van der Waals surface area contributed by atoms with Crippen molar-refractivity contribution in [3.05, 3.63) is 35.6 Å². The first-order valence-electron chi connectivity index (χ1n) is 10.2. The summed E-state index contributed by atoms with van der Waals surface area (Å²) in [5.74, 6) is -1.55.